The molecule has 0 saturated heterocycles. The van der Waals surface area contributed by atoms with E-state index in [-0.39, 0.29) is 11.6 Å². The third kappa shape index (κ3) is 4.37. The van der Waals surface area contributed by atoms with Crippen LogP contribution in [0.5, 0.6) is 0 Å². The number of aryl methyl sites for hydroxylation is 1. The quantitative estimate of drug-likeness (QED) is 0.368. The number of benzene rings is 2. The summed E-state index contributed by atoms with van der Waals surface area (Å²) in [7, 11) is 0. The van der Waals surface area contributed by atoms with Gasteiger partial charge in [-0.05, 0) is 36.8 Å². The molecule has 0 unspecified atom stereocenters. The largest absolute Gasteiger partial charge is 0.261 e. The predicted molar refractivity (Wildman–Crippen MR) is 101 cm³/mol. The topological polar surface area (TPSA) is 50.2 Å². The van der Waals surface area contributed by atoms with E-state index < -0.39 is 3.79 Å². The summed E-state index contributed by atoms with van der Waals surface area (Å²) in [6.45, 7) is 1.95. The summed E-state index contributed by atoms with van der Waals surface area (Å²) < 4.78 is 11.2. The molecule has 1 N–H and O–H groups in total. The summed E-state index contributed by atoms with van der Waals surface area (Å²) in [5.74, 6) is 0.149. The molecule has 0 aliphatic carbocycles. The molecule has 8 heteroatoms. The van der Waals surface area contributed by atoms with Gasteiger partial charge < -0.3 is 0 Å². The first-order chi connectivity index (χ1) is 11.8. The maximum atomic E-state index is 12.9. The van der Waals surface area contributed by atoms with Crippen molar-refractivity contribution in [1.82, 2.24) is 9.97 Å². The van der Waals surface area contributed by atoms with E-state index in [9.17, 15) is 4.39 Å². The number of anilines is 1. The first-order valence-corrected chi connectivity index (χ1v) is 8.36. The summed E-state index contributed by atoms with van der Waals surface area (Å²) in [5.41, 5.74) is 5.22. The van der Waals surface area contributed by atoms with E-state index in [2.05, 4.69) is 20.5 Å². The van der Waals surface area contributed by atoms with Crippen LogP contribution in [-0.2, 0) is 3.79 Å². The van der Waals surface area contributed by atoms with Gasteiger partial charge in [-0.15, -0.1) is 0 Å². The van der Waals surface area contributed by atoms with Crippen LogP contribution in [-0.4, -0.2) is 16.2 Å². The smallest absolute Gasteiger partial charge is 0.250 e. The number of hydrogen-bond acceptors (Lipinski definition) is 4. The molecule has 0 fully saturated rings. The molecule has 128 valence electrons. The summed E-state index contributed by atoms with van der Waals surface area (Å²) >= 11 is 17.7. The van der Waals surface area contributed by atoms with Crippen LogP contribution in [0.4, 0.5) is 10.2 Å². The Morgan fingerprint density at radius 3 is 2.48 bits per heavy atom. The van der Waals surface area contributed by atoms with Gasteiger partial charge in [-0.2, -0.15) is 5.10 Å². The fraction of sp³-hybridized carbons (Fsp3) is 0.118. The second-order valence-electron chi connectivity index (χ2n) is 5.34. The van der Waals surface area contributed by atoms with Gasteiger partial charge in [0.1, 0.15) is 5.82 Å². The molecule has 0 bridgehead atoms. The van der Waals surface area contributed by atoms with Crippen molar-refractivity contribution < 1.29 is 4.39 Å². The summed E-state index contributed by atoms with van der Waals surface area (Å²) in [5, 5.41) is 4.87. The maximum Gasteiger partial charge on any atom is 0.250 e. The molecular weight excluding hydrogens is 386 g/mol. The zero-order chi connectivity index (χ0) is 18.0. The van der Waals surface area contributed by atoms with Gasteiger partial charge in [-0.1, -0.05) is 58.6 Å². The Kier molecular flexibility index (Phi) is 5.08. The van der Waals surface area contributed by atoms with E-state index in [0.29, 0.717) is 11.3 Å². The fourth-order valence-corrected chi connectivity index (χ4v) is 2.42. The molecule has 0 radical (unpaired) electrons. The minimum Gasteiger partial charge on any atom is -0.261 e. The predicted octanol–water partition coefficient (Wildman–Crippen LogP) is 5.35. The molecule has 0 amide bonds. The lowest BCUT2D eigenvalue weighted by molar-refractivity contribution is 0.628. The van der Waals surface area contributed by atoms with Crippen LogP contribution in [0.3, 0.4) is 0 Å². The van der Waals surface area contributed by atoms with Gasteiger partial charge >= 0.3 is 0 Å². The van der Waals surface area contributed by atoms with E-state index in [4.69, 9.17) is 34.8 Å². The van der Waals surface area contributed by atoms with E-state index in [1.54, 1.807) is 12.1 Å². The Hall–Kier alpha value is -1.95. The van der Waals surface area contributed by atoms with Crippen LogP contribution >= 0.6 is 34.8 Å². The lowest BCUT2D eigenvalue weighted by Crippen LogP contribution is -2.09. The van der Waals surface area contributed by atoms with Crippen molar-refractivity contribution >= 4 is 57.7 Å². The number of rotatable bonds is 3. The SMILES string of the molecule is Cc1ccc2nc(C(Cl)(Cl)Cl)nc(N/N=C/c3ccc(F)cc3)c2c1. The molecule has 1 aromatic heterocycles. The first kappa shape index (κ1) is 17.9. The molecular formula is C17H12Cl3FN4. The maximum absolute atomic E-state index is 12.9. The minimum absolute atomic E-state index is 0.0494. The average Bonchev–Trinajstić information content (AvgIpc) is 2.56. The van der Waals surface area contributed by atoms with Crippen LogP contribution in [0.25, 0.3) is 10.9 Å². The van der Waals surface area contributed by atoms with Crippen LogP contribution in [0.15, 0.2) is 47.6 Å². The second kappa shape index (κ2) is 7.12. The monoisotopic (exact) mass is 396 g/mol. The molecule has 2 aromatic carbocycles. The Morgan fingerprint density at radius 1 is 1.08 bits per heavy atom. The van der Waals surface area contributed by atoms with Crippen molar-refractivity contribution in [2.75, 3.05) is 5.43 Å². The Bertz CT molecular complexity index is 937. The fourth-order valence-electron chi connectivity index (χ4n) is 2.17. The number of nitrogens with one attached hydrogen (secondary N) is 1. The molecule has 0 saturated carbocycles. The number of hydrazone groups is 1. The highest BCUT2D eigenvalue weighted by Crippen LogP contribution is 2.37. The Labute approximate surface area is 158 Å². The number of aromatic nitrogens is 2. The van der Waals surface area contributed by atoms with Gasteiger partial charge in [0.15, 0.2) is 11.6 Å². The molecule has 25 heavy (non-hydrogen) atoms. The van der Waals surface area contributed by atoms with E-state index >= 15 is 0 Å². The third-order valence-electron chi connectivity index (χ3n) is 3.36. The number of fused-ring (bicyclic) bond motifs is 1. The molecule has 0 atom stereocenters. The molecule has 4 nitrogen and oxygen atoms in total. The van der Waals surface area contributed by atoms with E-state index in [1.807, 2.05) is 25.1 Å². The molecule has 0 spiro atoms. The summed E-state index contributed by atoms with van der Waals surface area (Å²) in [6, 6.07) is 11.6. The van der Waals surface area contributed by atoms with Gasteiger partial charge in [0.25, 0.3) is 0 Å². The Balaban J connectivity index is 1.98. The number of hydrogen-bond donors (Lipinski definition) is 1. The van der Waals surface area contributed by atoms with Gasteiger partial charge in [0.2, 0.25) is 3.79 Å². The van der Waals surface area contributed by atoms with E-state index in [0.717, 1.165) is 16.5 Å². The molecule has 3 rings (SSSR count). The zero-order valence-electron chi connectivity index (χ0n) is 13.0. The van der Waals surface area contributed by atoms with Crippen molar-refractivity contribution in [3.8, 4) is 0 Å². The second-order valence-corrected chi connectivity index (χ2v) is 7.62. The lowest BCUT2D eigenvalue weighted by Gasteiger charge is -2.13. The third-order valence-corrected chi connectivity index (χ3v) is 3.87. The van der Waals surface area contributed by atoms with Crippen LogP contribution in [0.1, 0.15) is 17.0 Å². The zero-order valence-corrected chi connectivity index (χ0v) is 15.2. The van der Waals surface area contributed by atoms with Crippen LogP contribution < -0.4 is 5.43 Å². The van der Waals surface area contributed by atoms with Crippen molar-refractivity contribution in [2.45, 2.75) is 10.7 Å². The highest BCUT2D eigenvalue weighted by molar-refractivity contribution is 6.66. The highest BCUT2D eigenvalue weighted by atomic mass is 35.6. The van der Waals surface area contributed by atoms with Crippen molar-refractivity contribution in [2.24, 2.45) is 5.10 Å². The highest BCUT2D eigenvalue weighted by Gasteiger charge is 2.28. The molecule has 0 aliphatic heterocycles. The van der Waals surface area contributed by atoms with Gasteiger partial charge in [0, 0.05) is 5.39 Å². The number of alkyl halides is 3. The first-order valence-electron chi connectivity index (χ1n) is 7.23. The Morgan fingerprint density at radius 2 is 1.80 bits per heavy atom. The number of nitrogens with zero attached hydrogens (tertiary/aromatic N) is 3. The molecule has 0 aliphatic rings. The standard InChI is InChI=1S/C17H12Cl3FN4/c1-10-2-7-14-13(8-10)15(24-16(23-14)17(18,19)20)25-22-9-11-3-5-12(21)6-4-11/h2-9H,1H3,(H,23,24,25)/b22-9+. The average molecular weight is 398 g/mol. The van der Waals surface area contributed by atoms with Gasteiger partial charge in [-0.3, -0.25) is 5.43 Å². The summed E-state index contributed by atoms with van der Waals surface area (Å²) in [4.78, 5) is 8.55. The van der Waals surface area contributed by atoms with E-state index in [1.165, 1.54) is 18.3 Å². The lowest BCUT2D eigenvalue weighted by atomic mass is 10.1. The van der Waals surface area contributed by atoms with Gasteiger partial charge in [-0.25, -0.2) is 14.4 Å². The summed E-state index contributed by atoms with van der Waals surface area (Å²) in [6.07, 6.45) is 1.54. The molecule has 1 heterocycles. The van der Waals surface area contributed by atoms with Crippen LogP contribution in [0.2, 0.25) is 0 Å². The van der Waals surface area contributed by atoms with Crippen molar-refractivity contribution in [3.63, 3.8) is 0 Å². The normalized spacial score (nSPS) is 12.0. The van der Waals surface area contributed by atoms with Gasteiger partial charge in [0.05, 0.1) is 11.7 Å². The van der Waals surface area contributed by atoms with Crippen LogP contribution in [0, 0.1) is 12.7 Å². The van der Waals surface area contributed by atoms with Crippen molar-refractivity contribution in [3.05, 3.63) is 65.2 Å². The minimum atomic E-state index is -1.75. The van der Waals surface area contributed by atoms with Crippen molar-refractivity contribution in [1.29, 1.82) is 0 Å². The molecule has 3 aromatic rings. The number of halogens is 4.